The summed E-state index contributed by atoms with van der Waals surface area (Å²) in [5, 5.41) is 3.94. The first kappa shape index (κ1) is 12.2. The molecule has 1 rings (SSSR count). The van der Waals surface area contributed by atoms with Crippen molar-refractivity contribution in [3.63, 3.8) is 0 Å². The molecule has 4 heteroatoms. The minimum absolute atomic E-state index is 0.211. The molecule has 1 aromatic rings. The van der Waals surface area contributed by atoms with E-state index >= 15 is 0 Å². The van der Waals surface area contributed by atoms with Gasteiger partial charge >= 0.3 is 0 Å². The first-order valence-corrected chi connectivity index (χ1v) is 5.69. The fourth-order valence-corrected chi connectivity index (χ4v) is 1.63. The molecule has 0 aliphatic carbocycles. The van der Waals surface area contributed by atoms with E-state index < -0.39 is 0 Å². The van der Waals surface area contributed by atoms with Crippen LogP contribution < -0.4 is 5.73 Å². The van der Waals surface area contributed by atoms with Crippen LogP contribution in [0, 0.1) is 5.92 Å². The summed E-state index contributed by atoms with van der Waals surface area (Å²) in [6, 6.07) is 0. The molecule has 0 aliphatic rings. The number of hydrogen-bond acceptors (Lipinski definition) is 4. The van der Waals surface area contributed by atoms with Crippen LogP contribution in [-0.2, 0) is 6.42 Å². The molecule has 15 heavy (non-hydrogen) atoms. The van der Waals surface area contributed by atoms with Crippen molar-refractivity contribution in [1.82, 2.24) is 10.1 Å². The molecular weight excluding hydrogens is 190 g/mol. The Balaban J connectivity index is 2.65. The molecule has 0 radical (unpaired) electrons. The summed E-state index contributed by atoms with van der Waals surface area (Å²) < 4.78 is 5.23. The van der Waals surface area contributed by atoms with Gasteiger partial charge in [0.2, 0.25) is 5.89 Å². The Labute approximate surface area is 91.2 Å². The molecule has 1 unspecified atom stereocenters. The average Bonchev–Trinajstić information content (AvgIpc) is 2.63. The molecule has 4 nitrogen and oxygen atoms in total. The lowest BCUT2D eigenvalue weighted by Crippen LogP contribution is -2.15. The summed E-state index contributed by atoms with van der Waals surface area (Å²) in [5.41, 5.74) is 5.71. The van der Waals surface area contributed by atoms with Crippen molar-refractivity contribution in [3.8, 4) is 0 Å². The third-order valence-corrected chi connectivity index (χ3v) is 2.35. The summed E-state index contributed by atoms with van der Waals surface area (Å²) in [5.74, 6) is 2.31. The van der Waals surface area contributed by atoms with E-state index in [4.69, 9.17) is 10.3 Å². The topological polar surface area (TPSA) is 64.9 Å². The molecule has 0 aliphatic heterocycles. The second kappa shape index (κ2) is 5.85. The van der Waals surface area contributed by atoms with Crippen molar-refractivity contribution < 1.29 is 4.52 Å². The Morgan fingerprint density at radius 3 is 2.67 bits per heavy atom. The zero-order valence-corrected chi connectivity index (χ0v) is 9.86. The maximum atomic E-state index is 5.71. The molecule has 0 fully saturated rings. The van der Waals surface area contributed by atoms with Crippen LogP contribution in [0.4, 0.5) is 0 Å². The van der Waals surface area contributed by atoms with E-state index in [1.165, 1.54) is 0 Å². The predicted molar refractivity (Wildman–Crippen MR) is 59.5 cm³/mol. The van der Waals surface area contributed by atoms with E-state index in [9.17, 15) is 0 Å². The third kappa shape index (κ3) is 3.63. The predicted octanol–water partition coefficient (Wildman–Crippen LogP) is 2.11. The Morgan fingerprint density at radius 1 is 1.40 bits per heavy atom. The zero-order chi connectivity index (χ0) is 11.3. The van der Waals surface area contributed by atoms with E-state index in [0.717, 1.165) is 25.1 Å². The van der Waals surface area contributed by atoms with Gasteiger partial charge in [-0.3, -0.25) is 0 Å². The van der Waals surface area contributed by atoms with Gasteiger partial charge in [0.1, 0.15) is 0 Å². The van der Waals surface area contributed by atoms with Gasteiger partial charge in [0.05, 0.1) is 5.92 Å². The van der Waals surface area contributed by atoms with Crippen LogP contribution >= 0.6 is 0 Å². The summed E-state index contributed by atoms with van der Waals surface area (Å²) in [6.07, 6.45) is 2.92. The van der Waals surface area contributed by atoms with Crippen molar-refractivity contribution in [1.29, 1.82) is 0 Å². The van der Waals surface area contributed by atoms with Gasteiger partial charge < -0.3 is 10.3 Å². The molecule has 0 saturated heterocycles. The number of hydrogen-bond donors (Lipinski definition) is 1. The summed E-state index contributed by atoms with van der Waals surface area (Å²) in [7, 11) is 0. The normalized spacial score (nSPS) is 13.4. The molecule has 2 N–H and O–H groups in total. The summed E-state index contributed by atoms with van der Waals surface area (Å²) >= 11 is 0. The Morgan fingerprint density at radius 2 is 2.13 bits per heavy atom. The zero-order valence-electron chi connectivity index (χ0n) is 9.86. The molecule has 1 heterocycles. The van der Waals surface area contributed by atoms with E-state index in [-0.39, 0.29) is 5.92 Å². The van der Waals surface area contributed by atoms with Crippen LogP contribution in [0.5, 0.6) is 0 Å². The number of aryl methyl sites for hydroxylation is 1. The van der Waals surface area contributed by atoms with E-state index in [1.54, 1.807) is 0 Å². The number of rotatable bonds is 6. The SMILES string of the molecule is CCCc1noc(C(CN)CC(C)C)n1. The Kier molecular flexibility index (Phi) is 4.75. The Hall–Kier alpha value is -0.900. The maximum Gasteiger partial charge on any atom is 0.231 e. The smallest absolute Gasteiger partial charge is 0.231 e. The highest BCUT2D eigenvalue weighted by Gasteiger charge is 2.18. The fraction of sp³-hybridized carbons (Fsp3) is 0.818. The maximum absolute atomic E-state index is 5.71. The van der Waals surface area contributed by atoms with E-state index in [0.29, 0.717) is 18.4 Å². The molecule has 0 amide bonds. The molecule has 0 spiro atoms. The van der Waals surface area contributed by atoms with Gasteiger partial charge in [-0.15, -0.1) is 0 Å². The number of aromatic nitrogens is 2. The molecular formula is C11H21N3O. The number of nitrogens with zero attached hydrogens (tertiary/aromatic N) is 2. The van der Waals surface area contributed by atoms with Crippen LogP contribution in [0.3, 0.4) is 0 Å². The monoisotopic (exact) mass is 211 g/mol. The van der Waals surface area contributed by atoms with Crippen LogP contribution in [0.2, 0.25) is 0 Å². The van der Waals surface area contributed by atoms with Crippen LogP contribution in [0.1, 0.15) is 51.2 Å². The molecule has 0 saturated carbocycles. The largest absolute Gasteiger partial charge is 0.339 e. The minimum Gasteiger partial charge on any atom is -0.339 e. The van der Waals surface area contributed by atoms with Gasteiger partial charge in [-0.25, -0.2) is 0 Å². The molecule has 1 atom stereocenters. The van der Waals surface area contributed by atoms with Gasteiger partial charge in [0, 0.05) is 13.0 Å². The van der Waals surface area contributed by atoms with Crippen LogP contribution in [0.15, 0.2) is 4.52 Å². The van der Waals surface area contributed by atoms with E-state index in [1.807, 2.05) is 0 Å². The van der Waals surface area contributed by atoms with Crippen molar-refractivity contribution in [3.05, 3.63) is 11.7 Å². The first-order valence-electron chi connectivity index (χ1n) is 5.69. The highest BCUT2D eigenvalue weighted by Crippen LogP contribution is 2.21. The highest BCUT2D eigenvalue weighted by atomic mass is 16.5. The van der Waals surface area contributed by atoms with Gasteiger partial charge in [-0.2, -0.15) is 4.98 Å². The van der Waals surface area contributed by atoms with E-state index in [2.05, 4.69) is 30.9 Å². The fourth-order valence-electron chi connectivity index (χ4n) is 1.63. The van der Waals surface area contributed by atoms with Gasteiger partial charge in [-0.05, 0) is 18.8 Å². The van der Waals surface area contributed by atoms with Crippen molar-refractivity contribution >= 4 is 0 Å². The summed E-state index contributed by atoms with van der Waals surface area (Å²) in [4.78, 5) is 4.37. The Bertz CT molecular complexity index is 283. The lowest BCUT2D eigenvalue weighted by molar-refractivity contribution is 0.331. The number of nitrogens with two attached hydrogens (primary N) is 1. The minimum atomic E-state index is 0.211. The second-order valence-corrected chi connectivity index (χ2v) is 4.36. The highest BCUT2D eigenvalue weighted by molar-refractivity contribution is 4.95. The molecule has 86 valence electrons. The van der Waals surface area contributed by atoms with Crippen LogP contribution in [0.25, 0.3) is 0 Å². The van der Waals surface area contributed by atoms with Gasteiger partial charge in [-0.1, -0.05) is 25.9 Å². The molecule has 0 bridgehead atoms. The summed E-state index contributed by atoms with van der Waals surface area (Å²) in [6.45, 7) is 7.02. The molecule has 0 aromatic carbocycles. The van der Waals surface area contributed by atoms with Gasteiger partial charge in [0.15, 0.2) is 5.82 Å². The quantitative estimate of drug-likeness (QED) is 0.782. The van der Waals surface area contributed by atoms with Crippen molar-refractivity contribution in [2.75, 3.05) is 6.54 Å². The average molecular weight is 211 g/mol. The van der Waals surface area contributed by atoms with Crippen LogP contribution in [-0.4, -0.2) is 16.7 Å². The van der Waals surface area contributed by atoms with Gasteiger partial charge in [0.25, 0.3) is 0 Å². The third-order valence-electron chi connectivity index (χ3n) is 2.35. The second-order valence-electron chi connectivity index (χ2n) is 4.36. The first-order chi connectivity index (χ1) is 7.17. The molecule has 1 aromatic heterocycles. The standard InChI is InChI=1S/C11H21N3O/c1-4-5-10-13-11(15-14-10)9(7-12)6-8(2)3/h8-9H,4-7,12H2,1-3H3. The lowest BCUT2D eigenvalue weighted by atomic mass is 9.97. The van der Waals surface area contributed by atoms with Crippen molar-refractivity contribution in [2.24, 2.45) is 11.7 Å². The lowest BCUT2D eigenvalue weighted by Gasteiger charge is -2.11. The van der Waals surface area contributed by atoms with Crippen molar-refractivity contribution in [2.45, 2.75) is 46.0 Å².